The average molecular weight is 185 g/mol. The molecule has 1 aliphatic rings. The van der Waals surface area contributed by atoms with Gasteiger partial charge in [-0.3, -0.25) is 0 Å². The summed E-state index contributed by atoms with van der Waals surface area (Å²) < 4.78 is 5.76. The van der Waals surface area contributed by atoms with Crippen molar-refractivity contribution >= 4 is 0 Å². The highest BCUT2D eigenvalue weighted by Gasteiger charge is 2.24. The monoisotopic (exact) mass is 185 g/mol. The van der Waals surface area contributed by atoms with Crippen molar-refractivity contribution in [3.8, 4) is 0 Å². The zero-order chi connectivity index (χ0) is 9.68. The van der Waals surface area contributed by atoms with Gasteiger partial charge in [-0.2, -0.15) is 0 Å². The number of ether oxygens (including phenoxy) is 1. The molecule has 13 heavy (non-hydrogen) atoms. The Kier molecular flexibility index (Phi) is 4.74. The van der Waals surface area contributed by atoms with Crippen LogP contribution in [0.25, 0.3) is 0 Å². The zero-order valence-corrected chi connectivity index (χ0v) is 9.18. The van der Waals surface area contributed by atoms with Gasteiger partial charge < -0.3 is 10.1 Å². The van der Waals surface area contributed by atoms with Crippen LogP contribution in [0.15, 0.2) is 0 Å². The van der Waals surface area contributed by atoms with E-state index in [1.54, 1.807) is 0 Å². The van der Waals surface area contributed by atoms with Crippen LogP contribution >= 0.6 is 0 Å². The van der Waals surface area contributed by atoms with E-state index in [0.717, 1.165) is 6.54 Å². The minimum Gasteiger partial charge on any atom is -0.374 e. The molecule has 1 saturated heterocycles. The zero-order valence-electron chi connectivity index (χ0n) is 9.18. The minimum absolute atomic E-state index is 0.372. The highest BCUT2D eigenvalue weighted by Crippen LogP contribution is 2.16. The Bertz CT molecular complexity index is 136. The van der Waals surface area contributed by atoms with Crippen LogP contribution in [-0.4, -0.2) is 24.8 Å². The van der Waals surface area contributed by atoms with Gasteiger partial charge in [-0.25, -0.2) is 0 Å². The largest absolute Gasteiger partial charge is 0.374 e. The first-order valence-corrected chi connectivity index (χ1v) is 5.61. The summed E-state index contributed by atoms with van der Waals surface area (Å²) in [6.07, 6.45) is 5.99. The second kappa shape index (κ2) is 5.61. The van der Waals surface area contributed by atoms with Crippen LogP contribution in [0.3, 0.4) is 0 Å². The van der Waals surface area contributed by atoms with Crippen molar-refractivity contribution in [1.29, 1.82) is 0 Å². The van der Waals surface area contributed by atoms with Crippen molar-refractivity contribution in [2.24, 2.45) is 0 Å². The van der Waals surface area contributed by atoms with Gasteiger partial charge in [0.05, 0.1) is 12.2 Å². The fourth-order valence-corrected chi connectivity index (χ4v) is 1.94. The van der Waals surface area contributed by atoms with Gasteiger partial charge in [-0.1, -0.05) is 19.8 Å². The fourth-order valence-electron chi connectivity index (χ4n) is 1.94. The Hall–Kier alpha value is -0.0800. The maximum absolute atomic E-state index is 5.76. The van der Waals surface area contributed by atoms with Crippen molar-refractivity contribution in [3.63, 3.8) is 0 Å². The molecular formula is C11H23NO. The molecule has 0 unspecified atom stereocenters. The number of hydrogen-bond donors (Lipinski definition) is 1. The number of rotatable bonds is 5. The summed E-state index contributed by atoms with van der Waals surface area (Å²) >= 11 is 0. The number of nitrogens with one attached hydrogen (secondary N) is 1. The lowest BCUT2D eigenvalue weighted by molar-refractivity contribution is 0.0186. The highest BCUT2D eigenvalue weighted by molar-refractivity contribution is 4.82. The van der Waals surface area contributed by atoms with E-state index in [-0.39, 0.29) is 0 Å². The third-order valence-corrected chi connectivity index (χ3v) is 2.55. The van der Waals surface area contributed by atoms with E-state index in [9.17, 15) is 0 Å². The third-order valence-electron chi connectivity index (χ3n) is 2.55. The molecule has 1 fully saturated rings. The molecule has 0 aromatic heterocycles. The molecule has 0 bridgehead atoms. The molecule has 1 aliphatic heterocycles. The molecule has 2 nitrogen and oxygen atoms in total. The Morgan fingerprint density at radius 3 is 2.85 bits per heavy atom. The third kappa shape index (κ3) is 4.10. The van der Waals surface area contributed by atoms with Gasteiger partial charge in [-0.05, 0) is 26.7 Å². The lowest BCUT2D eigenvalue weighted by Crippen LogP contribution is -2.22. The first kappa shape index (κ1) is 11.0. The van der Waals surface area contributed by atoms with E-state index in [2.05, 4.69) is 26.1 Å². The molecule has 0 radical (unpaired) electrons. The standard InChI is InChI=1S/C11H23NO/c1-4-5-6-10-7-11(8-12-10)13-9(2)3/h9-12H,4-8H2,1-3H3/t10-,11+/m1/s1. The maximum Gasteiger partial charge on any atom is 0.0717 e. The van der Waals surface area contributed by atoms with E-state index >= 15 is 0 Å². The molecular weight excluding hydrogens is 162 g/mol. The molecule has 78 valence electrons. The summed E-state index contributed by atoms with van der Waals surface area (Å²) in [5.41, 5.74) is 0. The van der Waals surface area contributed by atoms with Gasteiger partial charge in [0.25, 0.3) is 0 Å². The van der Waals surface area contributed by atoms with Gasteiger partial charge in [0.1, 0.15) is 0 Å². The van der Waals surface area contributed by atoms with Gasteiger partial charge in [0.2, 0.25) is 0 Å². The van der Waals surface area contributed by atoms with E-state index in [1.807, 2.05) is 0 Å². The lowest BCUT2D eigenvalue weighted by atomic mass is 10.1. The molecule has 1 heterocycles. The van der Waals surface area contributed by atoms with Crippen LogP contribution in [-0.2, 0) is 4.74 Å². The van der Waals surface area contributed by atoms with Crippen molar-refractivity contribution in [2.45, 2.75) is 64.7 Å². The molecule has 0 amide bonds. The first-order valence-electron chi connectivity index (χ1n) is 5.61. The molecule has 0 aliphatic carbocycles. The van der Waals surface area contributed by atoms with E-state index < -0.39 is 0 Å². The van der Waals surface area contributed by atoms with Crippen LogP contribution < -0.4 is 5.32 Å². The summed E-state index contributed by atoms with van der Waals surface area (Å²) in [5.74, 6) is 0. The lowest BCUT2D eigenvalue weighted by Gasteiger charge is -2.14. The van der Waals surface area contributed by atoms with Crippen LogP contribution in [0.5, 0.6) is 0 Å². The van der Waals surface area contributed by atoms with Crippen molar-refractivity contribution < 1.29 is 4.74 Å². The van der Waals surface area contributed by atoms with Crippen LogP contribution in [0.4, 0.5) is 0 Å². The summed E-state index contributed by atoms with van der Waals surface area (Å²) in [4.78, 5) is 0. The van der Waals surface area contributed by atoms with Crippen LogP contribution in [0, 0.1) is 0 Å². The van der Waals surface area contributed by atoms with Crippen molar-refractivity contribution in [3.05, 3.63) is 0 Å². The molecule has 1 N–H and O–H groups in total. The molecule has 0 aromatic rings. The van der Waals surface area contributed by atoms with Gasteiger partial charge in [0, 0.05) is 12.6 Å². The summed E-state index contributed by atoms with van der Waals surface area (Å²) in [5, 5.41) is 3.52. The summed E-state index contributed by atoms with van der Waals surface area (Å²) in [6, 6.07) is 0.712. The van der Waals surface area contributed by atoms with Gasteiger partial charge in [0.15, 0.2) is 0 Å². The van der Waals surface area contributed by atoms with E-state index in [4.69, 9.17) is 4.74 Å². The van der Waals surface area contributed by atoms with Crippen molar-refractivity contribution in [1.82, 2.24) is 5.32 Å². The molecule has 1 rings (SSSR count). The molecule has 0 aromatic carbocycles. The maximum atomic E-state index is 5.76. The van der Waals surface area contributed by atoms with Gasteiger partial charge >= 0.3 is 0 Å². The Morgan fingerprint density at radius 2 is 2.23 bits per heavy atom. The first-order chi connectivity index (χ1) is 6.22. The molecule has 2 atom stereocenters. The Balaban J connectivity index is 2.12. The van der Waals surface area contributed by atoms with Crippen molar-refractivity contribution in [2.75, 3.05) is 6.54 Å². The predicted octanol–water partition coefficient (Wildman–Crippen LogP) is 2.33. The molecule has 0 saturated carbocycles. The van der Waals surface area contributed by atoms with Gasteiger partial charge in [-0.15, -0.1) is 0 Å². The Labute approximate surface area is 82.0 Å². The highest BCUT2D eigenvalue weighted by atomic mass is 16.5. The SMILES string of the molecule is CCCC[C@@H]1C[C@H](OC(C)C)CN1. The number of unbranched alkanes of at least 4 members (excludes halogenated alkanes) is 1. The normalized spacial score (nSPS) is 28.6. The van der Waals surface area contributed by atoms with E-state index in [0.29, 0.717) is 18.2 Å². The average Bonchev–Trinajstić information content (AvgIpc) is 2.48. The van der Waals surface area contributed by atoms with Crippen LogP contribution in [0.2, 0.25) is 0 Å². The number of hydrogen-bond acceptors (Lipinski definition) is 2. The topological polar surface area (TPSA) is 21.3 Å². The van der Waals surface area contributed by atoms with E-state index in [1.165, 1.54) is 25.7 Å². The smallest absolute Gasteiger partial charge is 0.0717 e. The quantitative estimate of drug-likeness (QED) is 0.710. The predicted molar refractivity (Wildman–Crippen MR) is 55.9 cm³/mol. The second-order valence-corrected chi connectivity index (χ2v) is 4.29. The van der Waals surface area contributed by atoms with Crippen LogP contribution in [0.1, 0.15) is 46.5 Å². The second-order valence-electron chi connectivity index (χ2n) is 4.29. The minimum atomic E-state index is 0.372. The molecule has 0 spiro atoms. The summed E-state index contributed by atoms with van der Waals surface area (Å²) in [7, 11) is 0. The fraction of sp³-hybridized carbons (Fsp3) is 1.00. The molecule has 2 heteroatoms. The Morgan fingerprint density at radius 1 is 1.46 bits per heavy atom. The summed E-state index contributed by atoms with van der Waals surface area (Å²) in [6.45, 7) is 7.52.